The summed E-state index contributed by atoms with van der Waals surface area (Å²) in [5.74, 6) is 1.67. The van der Waals surface area contributed by atoms with Crippen LogP contribution in [0.15, 0.2) is 54.1 Å². The van der Waals surface area contributed by atoms with Crippen LogP contribution in [0, 0.1) is 29.6 Å². The summed E-state index contributed by atoms with van der Waals surface area (Å²) in [5.41, 5.74) is 1.75. The fourth-order valence-electron chi connectivity index (χ4n) is 1.91. The monoisotopic (exact) mass is 290 g/mol. The van der Waals surface area contributed by atoms with Gasteiger partial charge in [-0.15, -0.1) is 0 Å². The molecule has 0 unspecified atom stereocenters. The van der Waals surface area contributed by atoms with Gasteiger partial charge in [0.05, 0.1) is 7.11 Å². The van der Waals surface area contributed by atoms with Gasteiger partial charge in [0, 0.05) is 5.56 Å². The molecular weight excluding hydrogens is 276 g/mol. The fourth-order valence-corrected chi connectivity index (χ4v) is 1.91. The highest BCUT2D eigenvalue weighted by atomic mass is 16.5. The van der Waals surface area contributed by atoms with E-state index in [1.54, 1.807) is 24.3 Å². The number of methoxy groups -OCH3 is 1. The first-order valence-electron chi connectivity index (χ1n) is 6.61. The number of hydrogen-bond acceptors (Lipinski definition) is 4. The van der Waals surface area contributed by atoms with Crippen LogP contribution in [-0.2, 0) is 4.74 Å². The van der Waals surface area contributed by atoms with E-state index in [0.717, 1.165) is 11.3 Å². The fraction of sp³-hybridized carbons (Fsp3) is 0.111. The molecule has 2 aromatic rings. The highest BCUT2D eigenvalue weighted by molar-refractivity contribution is 5.70. The van der Waals surface area contributed by atoms with Crippen LogP contribution < -0.4 is 4.74 Å². The number of hydrogen-bond donors (Lipinski definition) is 0. The Morgan fingerprint density at radius 1 is 0.864 bits per heavy atom. The molecule has 0 spiro atoms. The van der Waals surface area contributed by atoms with Crippen LogP contribution >= 0.6 is 0 Å². The summed E-state index contributed by atoms with van der Waals surface area (Å²) in [4.78, 5) is 0. The summed E-state index contributed by atoms with van der Waals surface area (Å²) in [6.45, 7) is 2.01. The lowest BCUT2D eigenvalue weighted by Gasteiger charge is -2.09. The van der Waals surface area contributed by atoms with Crippen molar-refractivity contribution >= 4 is 5.76 Å². The molecule has 2 aromatic carbocycles. The van der Waals surface area contributed by atoms with Gasteiger partial charge in [0.2, 0.25) is 0 Å². The van der Waals surface area contributed by atoms with E-state index in [2.05, 4.69) is 0 Å². The molecule has 0 fully saturated rings. The van der Waals surface area contributed by atoms with Crippen molar-refractivity contribution in [3.8, 4) is 23.6 Å². The van der Waals surface area contributed by atoms with E-state index in [0.29, 0.717) is 11.3 Å². The molecule has 0 aliphatic rings. The minimum Gasteiger partial charge on any atom is -0.494 e. The van der Waals surface area contributed by atoms with Crippen LogP contribution in [0.3, 0.4) is 0 Å². The summed E-state index contributed by atoms with van der Waals surface area (Å²) in [6.07, 6.45) is 0. The first-order valence-corrected chi connectivity index (χ1v) is 6.61. The van der Waals surface area contributed by atoms with Gasteiger partial charge < -0.3 is 9.47 Å². The molecule has 0 aliphatic heterocycles. The molecule has 0 radical (unpaired) electrons. The quantitative estimate of drug-likeness (QED) is 0.625. The molecule has 2 rings (SSSR count). The molecule has 0 aliphatic carbocycles. The second kappa shape index (κ2) is 6.97. The van der Waals surface area contributed by atoms with Crippen LogP contribution in [0.25, 0.3) is 5.76 Å². The molecule has 0 amide bonds. The Morgan fingerprint density at radius 2 is 1.36 bits per heavy atom. The van der Waals surface area contributed by atoms with E-state index in [1.165, 1.54) is 7.11 Å². The van der Waals surface area contributed by atoms with Crippen LogP contribution in [0.5, 0.6) is 11.5 Å². The van der Waals surface area contributed by atoms with Crippen LogP contribution in [-0.4, -0.2) is 7.11 Å². The maximum absolute atomic E-state index is 8.93. The van der Waals surface area contributed by atoms with Gasteiger partial charge in [0.15, 0.2) is 11.3 Å². The molecule has 0 saturated carbocycles. The van der Waals surface area contributed by atoms with E-state index < -0.39 is 0 Å². The van der Waals surface area contributed by atoms with E-state index in [-0.39, 0.29) is 11.3 Å². The first-order chi connectivity index (χ1) is 10.7. The Balaban J connectivity index is 2.24. The van der Waals surface area contributed by atoms with Crippen molar-refractivity contribution in [2.45, 2.75) is 6.92 Å². The summed E-state index contributed by atoms with van der Waals surface area (Å²) in [7, 11) is 1.43. The Kier molecular flexibility index (Phi) is 4.80. The molecule has 4 heteroatoms. The van der Waals surface area contributed by atoms with Gasteiger partial charge in [-0.25, -0.2) is 0 Å². The van der Waals surface area contributed by atoms with Gasteiger partial charge in [-0.3, -0.25) is 0 Å². The van der Waals surface area contributed by atoms with Gasteiger partial charge in [0.25, 0.3) is 0 Å². The largest absolute Gasteiger partial charge is 0.494 e. The number of allylic oxidation sites excluding steroid dienone is 1. The number of aryl methyl sites for hydroxylation is 1. The van der Waals surface area contributed by atoms with E-state index in [1.807, 2.05) is 43.3 Å². The second-order valence-electron chi connectivity index (χ2n) is 4.57. The highest BCUT2D eigenvalue weighted by Gasteiger charge is 2.09. The SMILES string of the molecule is COC(=C(C#N)C#N)c1ccc(Oc2ccc(C)cc2)cc1. The van der Waals surface area contributed by atoms with Gasteiger partial charge in [0.1, 0.15) is 23.6 Å². The van der Waals surface area contributed by atoms with E-state index >= 15 is 0 Å². The third-order valence-electron chi connectivity index (χ3n) is 3.03. The molecule has 0 aromatic heterocycles. The lowest BCUT2D eigenvalue weighted by molar-refractivity contribution is 0.368. The Labute approximate surface area is 129 Å². The molecule has 0 N–H and O–H groups in total. The average molecular weight is 290 g/mol. The molecule has 0 bridgehead atoms. The van der Waals surface area contributed by atoms with Crippen molar-refractivity contribution < 1.29 is 9.47 Å². The van der Waals surface area contributed by atoms with E-state index in [4.69, 9.17) is 20.0 Å². The molecule has 108 valence electrons. The zero-order valence-corrected chi connectivity index (χ0v) is 12.3. The number of benzene rings is 2. The maximum atomic E-state index is 8.93. The van der Waals surface area contributed by atoms with Crippen molar-refractivity contribution in [3.63, 3.8) is 0 Å². The number of rotatable bonds is 4. The summed E-state index contributed by atoms with van der Waals surface area (Å²) < 4.78 is 10.9. The molecule has 0 heterocycles. The third-order valence-corrected chi connectivity index (χ3v) is 3.03. The van der Waals surface area contributed by atoms with Crippen LogP contribution in [0.1, 0.15) is 11.1 Å². The Morgan fingerprint density at radius 3 is 1.82 bits per heavy atom. The predicted molar refractivity (Wildman–Crippen MR) is 82.9 cm³/mol. The summed E-state index contributed by atoms with van der Waals surface area (Å²) >= 11 is 0. The number of ether oxygens (including phenoxy) is 2. The van der Waals surface area contributed by atoms with Crippen LogP contribution in [0.2, 0.25) is 0 Å². The van der Waals surface area contributed by atoms with Crippen molar-refractivity contribution in [2.75, 3.05) is 7.11 Å². The van der Waals surface area contributed by atoms with Crippen molar-refractivity contribution in [1.29, 1.82) is 10.5 Å². The highest BCUT2D eigenvalue weighted by Crippen LogP contribution is 2.25. The van der Waals surface area contributed by atoms with Crippen molar-refractivity contribution in [3.05, 3.63) is 65.2 Å². The standard InChI is InChI=1S/C18H14N2O2/c1-13-3-7-16(8-4-13)22-17-9-5-14(6-10-17)18(21-2)15(11-19)12-20/h3-10H,1-2H3. The van der Waals surface area contributed by atoms with Crippen molar-refractivity contribution in [2.24, 2.45) is 0 Å². The second-order valence-corrected chi connectivity index (χ2v) is 4.57. The van der Waals surface area contributed by atoms with Gasteiger partial charge >= 0.3 is 0 Å². The van der Waals surface area contributed by atoms with Gasteiger partial charge in [-0.05, 0) is 43.3 Å². The van der Waals surface area contributed by atoms with E-state index in [9.17, 15) is 0 Å². The minimum atomic E-state index is -0.0605. The average Bonchev–Trinajstić information content (AvgIpc) is 2.55. The maximum Gasteiger partial charge on any atom is 0.172 e. The predicted octanol–water partition coefficient (Wildman–Crippen LogP) is 4.19. The molecular formula is C18H14N2O2. The normalized spacial score (nSPS) is 9.27. The van der Waals surface area contributed by atoms with Crippen molar-refractivity contribution in [1.82, 2.24) is 0 Å². The summed E-state index contributed by atoms with van der Waals surface area (Å²) in [6, 6.07) is 18.4. The lowest BCUT2D eigenvalue weighted by Crippen LogP contribution is -1.92. The van der Waals surface area contributed by atoms with Gasteiger partial charge in [-0.2, -0.15) is 10.5 Å². The molecule has 0 saturated heterocycles. The Hall–Kier alpha value is -3.24. The van der Waals surface area contributed by atoms with Crippen LogP contribution in [0.4, 0.5) is 0 Å². The smallest absolute Gasteiger partial charge is 0.172 e. The number of nitrogens with zero attached hydrogens (tertiary/aromatic N) is 2. The zero-order chi connectivity index (χ0) is 15.9. The molecule has 4 nitrogen and oxygen atoms in total. The minimum absolute atomic E-state index is 0.0605. The Bertz CT molecular complexity index is 745. The molecule has 0 atom stereocenters. The van der Waals surface area contributed by atoms with Gasteiger partial charge in [-0.1, -0.05) is 17.7 Å². The topological polar surface area (TPSA) is 66.0 Å². The third kappa shape index (κ3) is 3.45. The lowest BCUT2D eigenvalue weighted by atomic mass is 10.1. The zero-order valence-electron chi connectivity index (χ0n) is 12.3. The summed E-state index contributed by atoms with van der Waals surface area (Å²) in [5, 5.41) is 17.9. The molecule has 22 heavy (non-hydrogen) atoms. The first kappa shape index (κ1) is 15.2. The number of nitriles is 2.